The van der Waals surface area contributed by atoms with Crippen LogP contribution in [0.2, 0.25) is 0 Å². The maximum absolute atomic E-state index is 11.7. The zero-order valence-corrected chi connectivity index (χ0v) is 20.5. The van der Waals surface area contributed by atoms with Gasteiger partial charge in [0, 0.05) is 18.3 Å². The molecule has 3 unspecified atom stereocenters. The largest absolute Gasteiger partial charge is 0.362 e. The Bertz CT molecular complexity index is 924. The van der Waals surface area contributed by atoms with Gasteiger partial charge in [-0.1, -0.05) is 26.8 Å². The van der Waals surface area contributed by atoms with E-state index in [0.717, 1.165) is 25.1 Å². The third kappa shape index (κ3) is 6.11. The number of hydrogen-bond donors (Lipinski definition) is 2. The Morgan fingerprint density at radius 1 is 1.32 bits per heavy atom. The molecule has 1 aliphatic rings. The molecule has 0 aromatic carbocycles. The van der Waals surface area contributed by atoms with Crippen LogP contribution in [-0.4, -0.2) is 38.2 Å². The van der Waals surface area contributed by atoms with Crippen LogP contribution in [0.5, 0.6) is 0 Å². The minimum absolute atomic E-state index is 0.0188. The molecule has 1 aliphatic heterocycles. The lowest BCUT2D eigenvalue weighted by Gasteiger charge is -2.26. The molecule has 1 fully saturated rings. The molecule has 3 heterocycles. The molecule has 3 N–H and O–H groups in total. The van der Waals surface area contributed by atoms with Gasteiger partial charge in [0.15, 0.2) is 0 Å². The molecule has 7 heteroatoms. The van der Waals surface area contributed by atoms with Crippen molar-refractivity contribution in [3.63, 3.8) is 0 Å². The molecular formula is C24H37N5OS. The molecular weight excluding hydrogens is 406 g/mol. The van der Waals surface area contributed by atoms with Crippen LogP contribution in [0.4, 0.5) is 5.82 Å². The molecule has 0 bridgehead atoms. The van der Waals surface area contributed by atoms with Gasteiger partial charge in [-0.05, 0) is 81.3 Å². The summed E-state index contributed by atoms with van der Waals surface area (Å²) in [5, 5.41) is 9.46. The lowest BCUT2D eigenvalue weighted by atomic mass is 9.86. The number of pyridine rings is 2. The van der Waals surface area contributed by atoms with Crippen LogP contribution >= 0.6 is 0 Å². The lowest BCUT2D eigenvalue weighted by Crippen LogP contribution is -2.34. The summed E-state index contributed by atoms with van der Waals surface area (Å²) < 4.78 is 11.7. The summed E-state index contributed by atoms with van der Waals surface area (Å²) in [5.41, 5.74) is 2.57. The van der Waals surface area contributed by atoms with Gasteiger partial charge in [0.05, 0.1) is 11.7 Å². The van der Waals surface area contributed by atoms with Crippen molar-refractivity contribution in [1.82, 2.24) is 14.9 Å². The number of nitrogens with one attached hydrogen (secondary N) is 1. The molecule has 170 valence electrons. The van der Waals surface area contributed by atoms with E-state index in [1.165, 1.54) is 12.0 Å². The summed E-state index contributed by atoms with van der Waals surface area (Å²) >= 11 is 0. The molecule has 2 aromatic rings. The smallest absolute Gasteiger partial charge is 0.144 e. The first-order chi connectivity index (χ1) is 14.5. The molecule has 0 radical (unpaired) electrons. The Labute approximate surface area is 189 Å². The van der Waals surface area contributed by atoms with Crippen molar-refractivity contribution >= 4 is 16.8 Å². The average Bonchev–Trinajstić information content (AvgIpc) is 2.96. The second-order valence-corrected chi connectivity index (χ2v) is 11.4. The lowest BCUT2D eigenvalue weighted by molar-refractivity contribution is 0.218. The van der Waals surface area contributed by atoms with Crippen LogP contribution in [0, 0.1) is 5.92 Å². The van der Waals surface area contributed by atoms with Gasteiger partial charge in [0.25, 0.3) is 0 Å². The highest BCUT2D eigenvalue weighted by Gasteiger charge is 2.35. The summed E-state index contributed by atoms with van der Waals surface area (Å²) in [7, 11) is 0.610. The third-order valence-corrected chi connectivity index (χ3v) is 7.11. The van der Waals surface area contributed by atoms with Crippen molar-refractivity contribution in [2.45, 2.75) is 75.9 Å². The van der Waals surface area contributed by atoms with Crippen LogP contribution in [-0.2, 0) is 16.4 Å². The summed E-state index contributed by atoms with van der Waals surface area (Å²) in [6, 6.07) is 9.72. The van der Waals surface area contributed by atoms with Crippen molar-refractivity contribution in [3.05, 3.63) is 47.8 Å². The molecule has 0 saturated carbocycles. The van der Waals surface area contributed by atoms with Crippen molar-refractivity contribution < 1.29 is 4.21 Å². The number of anilines is 1. The van der Waals surface area contributed by atoms with E-state index in [0.29, 0.717) is 16.8 Å². The quantitative estimate of drug-likeness (QED) is 0.662. The first kappa shape index (κ1) is 23.8. The van der Waals surface area contributed by atoms with Crippen LogP contribution < -0.4 is 10.5 Å². The second kappa shape index (κ2) is 9.35. The molecule has 2 aromatic heterocycles. The molecule has 3 atom stereocenters. The van der Waals surface area contributed by atoms with Gasteiger partial charge in [-0.25, -0.2) is 14.3 Å². The highest BCUT2D eigenvalue weighted by Crippen LogP contribution is 2.36. The first-order valence-electron chi connectivity index (χ1n) is 11.0. The van der Waals surface area contributed by atoms with Crippen LogP contribution in [0.3, 0.4) is 0 Å². The van der Waals surface area contributed by atoms with Gasteiger partial charge < -0.3 is 10.2 Å². The van der Waals surface area contributed by atoms with Crippen molar-refractivity contribution in [2.75, 3.05) is 18.9 Å². The number of aromatic nitrogens is 2. The fourth-order valence-corrected chi connectivity index (χ4v) is 4.74. The van der Waals surface area contributed by atoms with Gasteiger partial charge in [0.1, 0.15) is 21.8 Å². The van der Waals surface area contributed by atoms with Crippen LogP contribution in [0.1, 0.15) is 71.2 Å². The maximum Gasteiger partial charge on any atom is 0.144 e. The normalized spacial score (nSPS) is 21.1. The molecule has 0 spiro atoms. The molecule has 31 heavy (non-hydrogen) atoms. The highest BCUT2D eigenvalue weighted by atomic mass is 32.2. The molecule has 0 aliphatic carbocycles. The first-order valence-corrected chi connectivity index (χ1v) is 12.2. The van der Waals surface area contributed by atoms with Crippen LogP contribution in [0.15, 0.2) is 41.6 Å². The van der Waals surface area contributed by atoms with Crippen molar-refractivity contribution in [2.24, 2.45) is 11.1 Å². The predicted molar refractivity (Wildman–Crippen MR) is 128 cm³/mol. The molecule has 0 amide bonds. The Morgan fingerprint density at radius 2 is 2.06 bits per heavy atom. The predicted octanol–water partition coefficient (Wildman–Crippen LogP) is 4.42. The number of likely N-dealkylation sites (tertiary alicyclic amines) is 1. The highest BCUT2D eigenvalue weighted by molar-refractivity contribution is 7.82. The second-order valence-electron chi connectivity index (χ2n) is 10.4. The van der Waals surface area contributed by atoms with Crippen LogP contribution in [0.25, 0.3) is 0 Å². The molecule has 3 rings (SSSR count). The molecule has 6 nitrogen and oxygen atoms in total. The summed E-state index contributed by atoms with van der Waals surface area (Å²) in [6.07, 6.45) is 5.16. The minimum atomic E-state index is -1.60. The molecule has 1 saturated heterocycles. The van der Waals surface area contributed by atoms with E-state index in [9.17, 15) is 4.21 Å². The summed E-state index contributed by atoms with van der Waals surface area (Å²) in [4.78, 5) is 11.6. The number of hydrogen-bond acceptors (Lipinski definition) is 5. The summed E-state index contributed by atoms with van der Waals surface area (Å²) in [6.45, 7) is 12.4. The fourth-order valence-electron chi connectivity index (χ4n) is 4.34. The number of nitrogens with two attached hydrogens (primary N) is 1. The Morgan fingerprint density at radius 3 is 2.68 bits per heavy atom. The fraction of sp³-hybridized carbons (Fsp3) is 0.583. The van der Waals surface area contributed by atoms with E-state index in [1.807, 2.05) is 18.3 Å². The van der Waals surface area contributed by atoms with Crippen molar-refractivity contribution in [1.29, 1.82) is 0 Å². The van der Waals surface area contributed by atoms with Gasteiger partial charge in [-0.2, -0.15) is 0 Å². The van der Waals surface area contributed by atoms with E-state index >= 15 is 0 Å². The van der Waals surface area contributed by atoms with Gasteiger partial charge >= 0.3 is 0 Å². The zero-order valence-electron chi connectivity index (χ0n) is 19.7. The average molecular weight is 444 g/mol. The Kier molecular flexibility index (Phi) is 7.18. The van der Waals surface area contributed by atoms with Gasteiger partial charge in [0.2, 0.25) is 0 Å². The minimum Gasteiger partial charge on any atom is -0.362 e. The topological polar surface area (TPSA) is 84.1 Å². The standard InChI is InChI=1S/C24H37N5OS/c1-23(2,3)18-12-13-26-20(14-18)19(11-10-17-15-24(4,5)29(6)16-17)27-21-8-7-9-22(28-21)31(25)30/h7-9,12-14,17,19H,10-11,15-16,25H2,1-6H3,(H,27,28). The van der Waals surface area contributed by atoms with E-state index in [2.05, 4.69) is 69.0 Å². The Hall–Kier alpha value is -1.83. The third-order valence-electron chi connectivity index (χ3n) is 6.47. The Balaban J connectivity index is 1.84. The van der Waals surface area contributed by atoms with Gasteiger partial charge in [-0.15, -0.1) is 0 Å². The summed E-state index contributed by atoms with van der Waals surface area (Å²) in [5.74, 6) is 1.33. The number of nitrogens with zero attached hydrogens (tertiary/aromatic N) is 3. The number of rotatable bonds is 7. The maximum atomic E-state index is 11.7. The zero-order chi connectivity index (χ0) is 22.8. The van der Waals surface area contributed by atoms with E-state index in [4.69, 9.17) is 10.1 Å². The van der Waals surface area contributed by atoms with E-state index < -0.39 is 11.0 Å². The SMILES string of the molecule is CN1CC(CCC(Nc2cccc(S(N)=O)n2)c2cc(C(C)(C)C)ccn2)CC1(C)C. The monoisotopic (exact) mass is 443 g/mol. The van der Waals surface area contributed by atoms with Crippen molar-refractivity contribution in [3.8, 4) is 0 Å². The van der Waals surface area contributed by atoms with E-state index in [1.54, 1.807) is 6.07 Å². The van der Waals surface area contributed by atoms with E-state index in [-0.39, 0.29) is 17.0 Å². The van der Waals surface area contributed by atoms with Gasteiger partial charge in [-0.3, -0.25) is 4.98 Å².